The molecule has 0 aromatic heterocycles. The Morgan fingerprint density at radius 2 is 1.75 bits per heavy atom. The number of aliphatic hydroxyl groups excluding tert-OH is 1. The maximum atomic E-state index is 13.0. The van der Waals surface area contributed by atoms with Crippen molar-refractivity contribution < 1.29 is 28.8 Å². The first kappa shape index (κ1) is 19.8. The summed E-state index contributed by atoms with van der Waals surface area (Å²) < 4.78 is 21.9. The highest BCUT2D eigenvalue weighted by Gasteiger charge is 2.29. The second kappa shape index (κ2) is 7.56. The van der Waals surface area contributed by atoms with Crippen molar-refractivity contribution in [1.29, 1.82) is 0 Å². The molecule has 0 radical (unpaired) electrons. The van der Waals surface area contributed by atoms with Gasteiger partial charge in [-0.2, -0.15) is 0 Å². The van der Waals surface area contributed by atoms with Crippen molar-refractivity contribution >= 4 is 11.9 Å². The maximum Gasteiger partial charge on any atom is 0.199 e. The Balaban J connectivity index is 1.99. The zero-order valence-corrected chi connectivity index (χ0v) is 16.6. The summed E-state index contributed by atoms with van der Waals surface area (Å²) in [6.45, 7) is 3.89. The molecule has 1 atom stereocenters. The van der Waals surface area contributed by atoms with E-state index in [0.717, 1.165) is 0 Å². The fourth-order valence-corrected chi connectivity index (χ4v) is 3.17. The first-order valence-electron chi connectivity index (χ1n) is 8.84. The summed E-state index contributed by atoms with van der Waals surface area (Å²) in [7, 11) is 4.51. The van der Waals surface area contributed by atoms with E-state index in [9.17, 15) is 9.90 Å². The third-order valence-electron chi connectivity index (χ3n) is 4.62. The minimum atomic E-state index is -1.38. The minimum Gasteiger partial charge on any atom is -0.495 e. The van der Waals surface area contributed by atoms with Crippen LogP contribution in [0.2, 0.25) is 0 Å². The Kier molecular flexibility index (Phi) is 5.34. The van der Waals surface area contributed by atoms with Crippen LogP contribution in [0.1, 0.15) is 41.4 Å². The summed E-state index contributed by atoms with van der Waals surface area (Å²) in [4.78, 5) is 13.0. The van der Waals surface area contributed by atoms with Crippen LogP contribution in [-0.4, -0.2) is 37.8 Å². The third-order valence-corrected chi connectivity index (χ3v) is 4.62. The topological polar surface area (TPSA) is 74.2 Å². The quantitative estimate of drug-likeness (QED) is 0.764. The lowest BCUT2D eigenvalue weighted by Gasteiger charge is -2.29. The van der Waals surface area contributed by atoms with Gasteiger partial charge in [0.05, 0.1) is 32.5 Å². The molecule has 0 bridgehead atoms. The van der Waals surface area contributed by atoms with Gasteiger partial charge in [0.2, 0.25) is 0 Å². The Labute approximate surface area is 164 Å². The fraction of sp³-hybridized carbons (Fsp3) is 0.318. The first-order valence-corrected chi connectivity index (χ1v) is 8.84. The molecule has 3 rings (SSSR count). The van der Waals surface area contributed by atoms with Crippen molar-refractivity contribution in [2.75, 3.05) is 21.3 Å². The van der Waals surface area contributed by atoms with Crippen LogP contribution in [0.5, 0.6) is 23.0 Å². The van der Waals surface area contributed by atoms with Gasteiger partial charge < -0.3 is 24.1 Å². The van der Waals surface area contributed by atoms with Gasteiger partial charge in [-0.15, -0.1) is 0 Å². The monoisotopic (exact) mass is 384 g/mol. The zero-order valence-electron chi connectivity index (χ0n) is 16.6. The molecule has 0 aliphatic carbocycles. The lowest BCUT2D eigenvalue weighted by molar-refractivity contribution is 0.0743. The normalized spacial score (nSPS) is 15.2. The van der Waals surface area contributed by atoms with E-state index in [2.05, 4.69) is 0 Å². The highest BCUT2D eigenvalue weighted by molar-refractivity contribution is 6.03. The van der Waals surface area contributed by atoms with Crippen LogP contribution < -0.4 is 18.9 Å². The predicted octanol–water partition coefficient (Wildman–Crippen LogP) is 3.81. The number of fused-ring (bicyclic) bond motifs is 1. The number of hydrogen-bond donors (Lipinski definition) is 1. The number of hydrogen-bond acceptors (Lipinski definition) is 6. The average molecular weight is 384 g/mol. The maximum absolute atomic E-state index is 13.0. The number of methoxy groups -OCH3 is 3. The molecule has 6 nitrogen and oxygen atoms in total. The number of ketones is 1. The van der Waals surface area contributed by atoms with Crippen LogP contribution in [-0.2, 0) is 0 Å². The molecule has 1 heterocycles. The first-order chi connectivity index (χ1) is 13.3. The van der Waals surface area contributed by atoms with Crippen molar-refractivity contribution in [3.63, 3.8) is 0 Å². The smallest absolute Gasteiger partial charge is 0.199 e. The molecule has 0 saturated carbocycles. The van der Waals surface area contributed by atoms with Gasteiger partial charge in [-0.1, -0.05) is 6.07 Å². The van der Waals surface area contributed by atoms with Gasteiger partial charge in [-0.25, -0.2) is 0 Å². The number of aliphatic hydroxyl groups is 1. The number of benzene rings is 2. The molecular formula is C22H24O6. The summed E-state index contributed by atoms with van der Waals surface area (Å²) in [6.07, 6.45) is 2.39. The summed E-state index contributed by atoms with van der Waals surface area (Å²) >= 11 is 0. The molecule has 1 unspecified atom stereocenters. The van der Waals surface area contributed by atoms with Crippen molar-refractivity contribution in [1.82, 2.24) is 0 Å². The van der Waals surface area contributed by atoms with E-state index < -0.39 is 17.5 Å². The Morgan fingerprint density at radius 3 is 2.39 bits per heavy atom. The molecule has 1 aliphatic heterocycles. The van der Waals surface area contributed by atoms with Crippen LogP contribution in [0.15, 0.2) is 36.4 Å². The summed E-state index contributed by atoms with van der Waals surface area (Å²) in [5, 5.41) is 10.7. The van der Waals surface area contributed by atoms with Gasteiger partial charge in [-0.05, 0) is 55.8 Å². The zero-order chi connectivity index (χ0) is 20.5. The highest BCUT2D eigenvalue weighted by Crippen LogP contribution is 2.40. The van der Waals surface area contributed by atoms with Crippen molar-refractivity contribution in [2.24, 2.45) is 0 Å². The molecule has 1 N–H and O–H groups in total. The number of carbonyl (C=O) groups is 1. The van der Waals surface area contributed by atoms with Crippen LogP contribution >= 0.6 is 0 Å². The van der Waals surface area contributed by atoms with Crippen molar-refractivity contribution in [3.8, 4) is 23.0 Å². The molecule has 0 fully saturated rings. The number of ether oxygens (including phenoxy) is 4. The molecule has 0 spiro atoms. The van der Waals surface area contributed by atoms with E-state index >= 15 is 0 Å². The van der Waals surface area contributed by atoms with Crippen LogP contribution in [0, 0.1) is 0 Å². The number of carbonyl (C=O) groups excluding carboxylic acids is 1. The van der Waals surface area contributed by atoms with Crippen LogP contribution in [0.4, 0.5) is 0 Å². The third kappa shape index (κ3) is 3.55. The lowest BCUT2D eigenvalue weighted by Crippen LogP contribution is -2.27. The van der Waals surface area contributed by atoms with Gasteiger partial charge >= 0.3 is 0 Å². The Morgan fingerprint density at radius 1 is 1.04 bits per heavy atom. The molecule has 28 heavy (non-hydrogen) atoms. The molecular weight excluding hydrogens is 360 g/mol. The molecule has 6 heteroatoms. The summed E-state index contributed by atoms with van der Waals surface area (Å²) in [5.74, 6) is 1.46. The largest absolute Gasteiger partial charge is 0.495 e. The molecule has 0 saturated heterocycles. The van der Waals surface area contributed by atoms with E-state index in [1.54, 1.807) is 30.3 Å². The van der Waals surface area contributed by atoms with Gasteiger partial charge in [0.25, 0.3) is 0 Å². The average Bonchev–Trinajstić information content (AvgIpc) is 2.70. The predicted molar refractivity (Wildman–Crippen MR) is 106 cm³/mol. The SMILES string of the molecule is COc1ccc(C(O)C(=O)c2ccc3c(c2OC)C=CC(C)(C)O3)cc1OC. The number of rotatable bonds is 6. The van der Waals surface area contributed by atoms with E-state index in [-0.39, 0.29) is 5.56 Å². The van der Waals surface area contributed by atoms with Gasteiger partial charge in [-0.3, -0.25) is 4.79 Å². The lowest BCUT2D eigenvalue weighted by atomic mass is 9.94. The Hall–Kier alpha value is -2.99. The van der Waals surface area contributed by atoms with Gasteiger partial charge in [0.1, 0.15) is 23.2 Å². The second-order valence-electron chi connectivity index (χ2n) is 6.98. The van der Waals surface area contributed by atoms with E-state index in [1.165, 1.54) is 21.3 Å². The molecule has 0 amide bonds. The Bertz CT molecular complexity index is 929. The van der Waals surface area contributed by atoms with E-state index in [4.69, 9.17) is 18.9 Å². The van der Waals surface area contributed by atoms with Crippen molar-refractivity contribution in [2.45, 2.75) is 25.6 Å². The van der Waals surface area contributed by atoms with Crippen LogP contribution in [0.25, 0.3) is 6.08 Å². The standard InChI is InChI=1S/C22H24O6/c1-22(2)11-10-14-16(28-22)9-7-15(21(14)27-5)20(24)19(23)13-6-8-17(25-3)18(12-13)26-4/h6-12,19,23H,1-5H3. The molecule has 2 aromatic rings. The fourth-order valence-electron chi connectivity index (χ4n) is 3.17. The van der Waals surface area contributed by atoms with E-state index in [0.29, 0.717) is 34.1 Å². The number of Topliss-reactive ketones (excluding diaryl/α,β-unsaturated/α-hetero) is 1. The summed E-state index contributed by atoms with van der Waals surface area (Å²) in [5.41, 5.74) is 0.905. The van der Waals surface area contributed by atoms with Gasteiger partial charge in [0.15, 0.2) is 17.3 Å². The van der Waals surface area contributed by atoms with E-state index in [1.807, 2.05) is 26.0 Å². The van der Waals surface area contributed by atoms with Crippen molar-refractivity contribution in [3.05, 3.63) is 53.1 Å². The van der Waals surface area contributed by atoms with Crippen LogP contribution in [0.3, 0.4) is 0 Å². The molecule has 1 aliphatic rings. The minimum absolute atomic E-state index is 0.275. The summed E-state index contributed by atoms with van der Waals surface area (Å²) in [6, 6.07) is 8.18. The van der Waals surface area contributed by atoms with Gasteiger partial charge in [0, 0.05) is 0 Å². The second-order valence-corrected chi connectivity index (χ2v) is 6.98. The molecule has 2 aromatic carbocycles. The highest BCUT2D eigenvalue weighted by atomic mass is 16.5. The molecule has 148 valence electrons.